The molecule has 5 rings (SSSR count). The van der Waals surface area contributed by atoms with Gasteiger partial charge in [-0.05, 0) is 59.8 Å². The molecule has 0 aliphatic carbocycles. The Balaban J connectivity index is 1.39. The van der Waals surface area contributed by atoms with Gasteiger partial charge in [-0.3, -0.25) is 4.90 Å². The molecule has 0 aliphatic heterocycles. The molecule has 0 aliphatic rings. The molecule has 3 nitrogen and oxygen atoms in total. The molecule has 0 spiro atoms. The van der Waals surface area contributed by atoms with Gasteiger partial charge in [0.25, 0.3) is 0 Å². The Hall–Kier alpha value is -3.58. The van der Waals surface area contributed by atoms with Gasteiger partial charge in [-0.25, -0.2) is 0 Å². The highest BCUT2D eigenvalue weighted by atomic mass is 35.5. The molecule has 7 heteroatoms. The number of hydrogen-bond acceptors (Lipinski definition) is 3. The first kappa shape index (κ1) is 29.9. The van der Waals surface area contributed by atoms with E-state index in [2.05, 4.69) is 29.2 Å². The van der Waals surface area contributed by atoms with Crippen molar-refractivity contribution in [2.24, 2.45) is 0 Å². The van der Waals surface area contributed by atoms with E-state index in [1.807, 2.05) is 60.7 Å². The maximum Gasteiger partial charge on any atom is 0.417 e. The Bertz CT molecular complexity index is 1550. The van der Waals surface area contributed by atoms with Gasteiger partial charge < -0.3 is 9.52 Å². The highest BCUT2D eigenvalue weighted by Gasteiger charge is 2.34. The highest BCUT2D eigenvalue weighted by Crippen LogP contribution is 2.37. The molecule has 5 aromatic rings. The summed E-state index contributed by atoms with van der Waals surface area (Å²) in [5.41, 5.74) is 3.72. The van der Waals surface area contributed by atoms with Crippen molar-refractivity contribution in [2.45, 2.75) is 37.9 Å². The molecule has 4 aromatic carbocycles. The van der Waals surface area contributed by atoms with Crippen LogP contribution < -0.4 is 0 Å². The zero-order valence-corrected chi connectivity index (χ0v) is 23.9. The number of aliphatic hydroxyl groups excluding tert-OH is 1. The number of rotatable bonds is 12. The standard InChI is InChI=1S/C35H33ClF3NO2/c36-34-29(13-7-15-32(34)35(37,38)39)23-40(24-31(26-9-3-1-4-10-26)27-11-5-2-6-12-27)19-8-14-30-22-28-17-16-25(18-20-41)21-33(28)42-30/h1-7,9-13,15-17,21-22,31,41H,8,14,18-20,23-24H2. The van der Waals surface area contributed by atoms with Crippen molar-refractivity contribution in [2.75, 3.05) is 19.7 Å². The number of benzene rings is 4. The predicted molar refractivity (Wildman–Crippen MR) is 162 cm³/mol. The second kappa shape index (κ2) is 13.6. The maximum absolute atomic E-state index is 13.6. The van der Waals surface area contributed by atoms with Gasteiger partial charge in [-0.1, -0.05) is 96.5 Å². The third-order valence-electron chi connectivity index (χ3n) is 7.56. The number of alkyl halides is 3. The quantitative estimate of drug-likeness (QED) is 0.157. The predicted octanol–water partition coefficient (Wildman–Crippen LogP) is 8.91. The summed E-state index contributed by atoms with van der Waals surface area (Å²) in [7, 11) is 0. The van der Waals surface area contributed by atoms with Crippen LogP contribution in [0.2, 0.25) is 5.02 Å². The van der Waals surface area contributed by atoms with Gasteiger partial charge in [0.1, 0.15) is 11.3 Å². The van der Waals surface area contributed by atoms with Crippen LogP contribution >= 0.6 is 11.6 Å². The van der Waals surface area contributed by atoms with Crippen molar-refractivity contribution in [1.29, 1.82) is 0 Å². The Kier molecular flexibility index (Phi) is 9.68. The Morgan fingerprint density at radius 3 is 2.14 bits per heavy atom. The molecule has 1 N–H and O–H groups in total. The first-order valence-corrected chi connectivity index (χ1v) is 14.5. The van der Waals surface area contributed by atoms with Gasteiger partial charge in [0.05, 0.1) is 10.6 Å². The van der Waals surface area contributed by atoms with E-state index in [-0.39, 0.29) is 24.1 Å². The number of fused-ring (bicyclic) bond motifs is 1. The zero-order chi connectivity index (χ0) is 29.5. The minimum absolute atomic E-state index is 0.0214. The van der Waals surface area contributed by atoms with Crippen LogP contribution in [0, 0.1) is 0 Å². The first-order chi connectivity index (χ1) is 20.3. The van der Waals surface area contributed by atoms with Crippen molar-refractivity contribution < 1.29 is 22.7 Å². The Morgan fingerprint density at radius 2 is 1.50 bits per heavy atom. The number of hydrogen-bond donors (Lipinski definition) is 1. The number of furan rings is 1. The van der Waals surface area contributed by atoms with Crippen LogP contribution in [0.5, 0.6) is 0 Å². The molecule has 0 radical (unpaired) electrons. The molecule has 0 unspecified atom stereocenters. The first-order valence-electron chi connectivity index (χ1n) is 14.1. The number of halogens is 4. The molecule has 0 amide bonds. The van der Waals surface area contributed by atoms with Crippen LogP contribution in [-0.4, -0.2) is 29.7 Å². The highest BCUT2D eigenvalue weighted by molar-refractivity contribution is 6.32. The lowest BCUT2D eigenvalue weighted by Gasteiger charge is -2.29. The lowest BCUT2D eigenvalue weighted by molar-refractivity contribution is -0.137. The summed E-state index contributed by atoms with van der Waals surface area (Å²) < 4.78 is 47.0. The molecule has 218 valence electrons. The lowest BCUT2D eigenvalue weighted by Crippen LogP contribution is -2.30. The fourth-order valence-corrected chi connectivity index (χ4v) is 5.74. The molecule has 0 bridgehead atoms. The van der Waals surface area contributed by atoms with Gasteiger partial charge in [-0.2, -0.15) is 13.2 Å². The summed E-state index contributed by atoms with van der Waals surface area (Å²) in [6, 6.07) is 32.5. The van der Waals surface area contributed by atoms with Gasteiger partial charge in [-0.15, -0.1) is 0 Å². The van der Waals surface area contributed by atoms with E-state index in [1.54, 1.807) is 6.07 Å². The van der Waals surface area contributed by atoms with E-state index in [0.717, 1.165) is 45.9 Å². The van der Waals surface area contributed by atoms with Crippen molar-refractivity contribution in [3.05, 3.63) is 142 Å². The minimum Gasteiger partial charge on any atom is -0.461 e. The molecule has 0 saturated heterocycles. The summed E-state index contributed by atoms with van der Waals surface area (Å²) in [5, 5.41) is 10.0. The molecule has 1 heterocycles. The Labute approximate surface area is 249 Å². The largest absolute Gasteiger partial charge is 0.461 e. The van der Waals surface area contributed by atoms with Crippen molar-refractivity contribution >= 4 is 22.6 Å². The molecule has 0 atom stereocenters. The van der Waals surface area contributed by atoms with E-state index < -0.39 is 11.7 Å². The topological polar surface area (TPSA) is 36.6 Å². The average molecular weight is 592 g/mol. The number of aliphatic hydroxyl groups is 1. The Morgan fingerprint density at radius 1 is 0.810 bits per heavy atom. The van der Waals surface area contributed by atoms with E-state index >= 15 is 0 Å². The second-order valence-corrected chi connectivity index (χ2v) is 10.9. The van der Waals surface area contributed by atoms with E-state index in [0.29, 0.717) is 31.5 Å². The van der Waals surface area contributed by atoms with Crippen LogP contribution in [0.4, 0.5) is 13.2 Å². The monoisotopic (exact) mass is 591 g/mol. The second-order valence-electron chi connectivity index (χ2n) is 10.5. The van der Waals surface area contributed by atoms with E-state index in [4.69, 9.17) is 16.0 Å². The lowest BCUT2D eigenvalue weighted by atomic mass is 9.90. The average Bonchev–Trinajstić information content (AvgIpc) is 3.39. The van der Waals surface area contributed by atoms with E-state index in [9.17, 15) is 18.3 Å². The molecular formula is C35H33ClF3NO2. The summed E-state index contributed by atoms with van der Waals surface area (Å²) in [6.45, 7) is 1.60. The summed E-state index contributed by atoms with van der Waals surface area (Å²) in [6.07, 6.45) is -2.52. The number of aryl methyl sites for hydroxylation is 1. The molecule has 42 heavy (non-hydrogen) atoms. The SMILES string of the molecule is OCCc1ccc2cc(CCCN(Cc3cccc(C(F)(F)F)c3Cl)CC(c3ccccc3)c3ccccc3)oc2c1. The fraction of sp³-hybridized carbons (Fsp3) is 0.257. The maximum atomic E-state index is 13.6. The summed E-state index contributed by atoms with van der Waals surface area (Å²) in [5.74, 6) is 0.874. The minimum atomic E-state index is -4.52. The zero-order valence-electron chi connectivity index (χ0n) is 23.2. The summed E-state index contributed by atoms with van der Waals surface area (Å²) >= 11 is 6.34. The molecular weight excluding hydrogens is 559 g/mol. The van der Waals surface area contributed by atoms with Crippen LogP contribution in [0.1, 0.15) is 45.9 Å². The van der Waals surface area contributed by atoms with Crippen molar-refractivity contribution in [3.8, 4) is 0 Å². The van der Waals surface area contributed by atoms with Crippen LogP contribution in [0.15, 0.2) is 108 Å². The smallest absolute Gasteiger partial charge is 0.417 e. The third kappa shape index (κ3) is 7.43. The van der Waals surface area contributed by atoms with Crippen LogP contribution in [0.3, 0.4) is 0 Å². The fourth-order valence-electron chi connectivity index (χ4n) is 5.44. The van der Waals surface area contributed by atoms with Gasteiger partial charge >= 0.3 is 6.18 Å². The van der Waals surface area contributed by atoms with Gasteiger partial charge in [0.15, 0.2) is 0 Å². The third-order valence-corrected chi connectivity index (χ3v) is 8.00. The van der Waals surface area contributed by atoms with Crippen LogP contribution in [-0.2, 0) is 25.6 Å². The van der Waals surface area contributed by atoms with Crippen LogP contribution in [0.25, 0.3) is 11.0 Å². The van der Waals surface area contributed by atoms with Gasteiger partial charge in [0, 0.05) is 37.4 Å². The van der Waals surface area contributed by atoms with E-state index in [1.165, 1.54) is 6.07 Å². The van der Waals surface area contributed by atoms with Crippen molar-refractivity contribution in [1.82, 2.24) is 4.90 Å². The summed E-state index contributed by atoms with van der Waals surface area (Å²) in [4.78, 5) is 2.19. The normalized spacial score (nSPS) is 12.1. The molecule has 0 saturated carbocycles. The number of nitrogens with zero attached hydrogens (tertiary/aromatic N) is 1. The molecule has 0 fully saturated rings. The van der Waals surface area contributed by atoms with Crippen molar-refractivity contribution in [3.63, 3.8) is 0 Å². The molecule has 1 aromatic heterocycles. The van der Waals surface area contributed by atoms with Gasteiger partial charge in [0.2, 0.25) is 0 Å².